The number of hydrogen-bond donors (Lipinski definition) is 1. The van der Waals surface area contributed by atoms with E-state index in [0.29, 0.717) is 49.2 Å². The molecule has 1 aliphatic heterocycles. The van der Waals surface area contributed by atoms with Crippen molar-refractivity contribution < 1.29 is 9.18 Å². The Labute approximate surface area is 169 Å². The Hall–Kier alpha value is -3.48. The summed E-state index contributed by atoms with van der Waals surface area (Å²) in [6.45, 7) is 4.35. The van der Waals surface area contributed by atoms with E-state index in [4.69, 9.17) is 0 Å². The summed E-state index contributed by atoms with van der Waals surface area (Å²) in [5.41, 5.74) is 2.08. The minimum absolute atomic E-state index is 0.0183. The fourth-order valence-corrected chi connectivity index (χ4v) is 3.39. The van der Waals surface area contributed by atoms with Gasteiger partial charge in [-0.3, -0.25) is 4.79 Å². The predicted molar refractivity (Wildman–Crippen MR) is 113 cm³/mol. The van der Waals surface area contributed by atoms with Crippen LogP contribution in [0.3, 0.4) is 0 Å². The summed E-state index contributed by atoms with van der Waals surface area (Å²) in [5.74, 6) is 1.11. The van der Waals surface area contributed by atoms with Crippen molar-refractivity contribution in [2.24, 2.45) is 0 Å². The molecule has 0 saturated carbocycles. The van der Waals surface area contributed by atoms with Crippen LogP contribution in [0.4, 0.5) is 27.5 Å². The van der Waals surface area contributed by atoms with Gasteiger partial charge in [0.05, 0.1) is 5.69 Å². The Morgan fingerprint density at radius 3 is 2.52 bits per heavy atom. The molecule has 0 bridgehead atoms. The lowest BCUT2D eigenvalue weighted by molar-refractivity contribution is 0.101. The third-order valence-corrected chi connectivity index (χ3v) is 4.94. The van der Waals surface area contributed by atoms with Crippen LogP contribution in [0.5, 0.6) is 0 Å². The Balaban J connectivity index is 1.44. The molecule has 0 aliphatic carbocycles. The predicted octanol–water partition coefficient (Wildman–Crippen LogP) is 3.89. The molecule has 0 radical (unpaired) electrons. The first kappa shape index (κ1) is 18.9. The van der Waals surface area contributed by atoms with Crippen LogP contribution in [0.2, 0.25) is 0 Å². The molecule has 6 nitrogen and oxygen atoms in total. The van der Waals surface area contributed by atoms with Gasteiger partial charge >= 0.3 is 0 Å². The minimum Gasteiger partial charge on any atom is -0.366 e. The lowest BCUT2D eigenvalue weighted by Gasteiger charge is -2.36. The number of piperazine rings is 1. The highest BCUT2D eigenvalue weighted by molar-refractivity contribution is 5.95. The second-order valence-electron chi connectivity index (χ2n) is 6.93. The van der Waals surface area contributed by atoms with E-state index >= 15 is 0 Å². The first-order valence-electron chi connectivity index (χ1n) is 9.55. The zero-order valence-electron chi connectivity index (χ0n) is 16.2. The lowest BCUT2D eigenvalue weighted by atomic mass is 10.1. The molecule has 1 aromatic heterocycles. The van der Waals surface area contributed by atoms with E-state index in [0.717, 1.165) is 5.69 Å². The fourth-order valence-electron chi connectivity index (χ4n) is 3.39. The molecule has 1 fully saturated rings. The normalized spacial score (nSPS) is 14.0. The second-order valence-corrected chi connectivity index (χ2v) is 6.93. The number of carbonyl (C=O) groups excluding carboxylic acids is 1. The molecule has 0 spiro atoms. The van der Waals surface area contributed by atoms with Gasteiger partial charge in [0, 0.05) is 43.6 Å². The summed E-state index contributed by atoms with van der Waals surface area (Å²) in [4.78, 5) is 24.7. The van der Waals surface area contributed by atoms with Gasteiger partial charge in [-0.05, 0) is 37.3 Å². The number of anilines is 4. The average Bonchev–Trinajstić information content (AvgIpc) is 2.75. The highest BCUT2D eigenvalue weighted by Gasteiger charge is 2.21. The van der Waals surface area contributed by atoms with Gasteiger partial charge in [0.25, 0.3) is 0 Å². The lowest BCUT2D eigenvalue weighted by Crippen LogP contribution is -2.47. The van der Waals surface area contributed by atoms with E-state index in [1.54, 1.807) is 43.5 Å². The van der Waals surface area contributed by atoms with Crippen LogP contribution in [-0.4, -0.2) is 41.9 Å². The molecule has 0 unspecified atom stereocenters. The molecule has 3 aromatic rings. The van der Waals surface area contributed by atoms with Crippen LogP contribution >= 0.6 is 0 Å². The van der Waals surface area contributed by atoms with E-state index in [2.05, 4.69) is 20.2 Å². The Morgan fingerprint density at radius 2 is 1.76 bits per heavy atom. The average molecular weight is 391 g/mol. The number of Topliss-reactive ketones (excluding diaryl/α,β-unsaturated/α-hetero) is 1. The maximum atomic E-state index is 14.0. The minimum atomic E-state index is -0.198. The van der Waals surface area contributed by atoms with Gasteiger partial charge in [0.2, 0.25) is 5.95 Å². The summed E-state index contributed by atoms with van der Waals surface area (Å²) in [6.07, 6.45) is 1.71. The third kappa shape index (κ3) is 4.34. The van der Waals surface area contributed by atoms with E-state index in [1.807, 2.05) is 23.1 Å². The van der Waals surface area contributed by atoms with Crippen molar-refractivity contribution in [3.8, 4) is 0 Å². The second kappa shape index (κ2) is 8.26. The van der Waals surface area contributed by atoms with Gasteiger partial charge in [0.1, 0.15) is 11.6 Å². The number of hydrogen-bond acceptors (Lipinski definition) is 6. The number of halogens is 1. The van der Waals surface area contributed by atoms with Crippen molar-refractivity contribution in [1.82, 2.24) is 9.97 Å². The van der Waals surface area contributed by atoms with Gasteiger partial charge in [-0.1, -0.05) is 24.3 Å². The maximum Gasteiger partial charge on any atom is 0.227 e. The van der Waals surface area contributed by atoms with E-state index in [1.165, 1.54) is 6.07 Å². The largest absolute Gasteiger partial charge is 0.366 e. The molecule has 4 rings (SSSR count). The number of carbonyl (C=O) groups is 1. The third-order valence-electron chi connectivity index (χ3n) is 4.94. The Bertz CT molecular complexity index is 1020. The highest BCUT2D eigenvalue weighted by atomic mass is 19.1. The van der Waals surface area contributed by atoms with Gasteiger partial charge in [-0.2, -0.15) is 4.98 Å². The number of ketones is 1. The summed E-state index contributed by atoms with van der Waals surface area (Å²) in [5, 5.41) is 3.23. The van der Waals surface area contributed by atoms with Crippen LogP contribution in [-0.2, 0) is 0 Å². The standard InChI is InChI=1S/C22H22FN5O/c1-16(29)17-5-4-6-18(15-17)25-21-9-10-24-22(26-21)28-13-11-27(12-14-28)20-8-3-2-7-19(20)23/h2-10,15H,11-14H2,1H3,(H,24,25,26). The molecular weight excluding hydrogens is 369 g/mol. The molecule has 7 heteroatoms. The van der Waals surface area contributed by atoms with Gasteiger partial charge < -0.3 is 15.1 Å². The molecule has 0 amide bonds. The smallest absolute Gasteiger partial charge is 0.227 e. The fraction of sp³-hybridized carbons (Fsp3) is 0.227. The van der Waals surface area contributed by atoms with Gasteiger partial charge in [-0.25, -0.2) is 9.37 Å². The summed E-state index contributed by atoms with van der Waals surface area (Å²) >= 11 is 0. The number of aromatic nitrogens is 2. The van der Waals surface area contributed by atoms with Crippen LogP contribution in [0.15, 0.2) is 60.8 Å². The SMILES string of the molecule is CC(=O)c1cccc(Nc2ccnc(N3CCN(c4ccccc4F)CC3)n2)c1. The number of para-hydroxylation sites is 1. The first-order chi connectivity index (χ1) is 14.1. The van der Waals surface area contributed by atoms with Crippen LogP contribution in [0.25, 0.3) is 0 Å². The van der Waals surface area contributed by atoms with Crippen LogP contribution < -0.4 is 15.1 Å². The Morgan fingerprint density at radius 1 is 1.00 bits per heavy atom. The van der Waals surface area contributed by atoms with Gasteiger partial charge in [-0.15, -0.1) is 0 Å². The van der Waals surface area contributed by atoms with E-state index < -0.39 is 0 Å². The van der Waals surface area contributed by atoms with E-state index in [9.17, 15) is 9.18 Å². The quantitative estimate of drug-likeness (QED) is 0.666. The van der Waals surface area contributed by atoms with Crippen LogP contribution in [0, 0.1) is 5.82 Å². The van der Waals surface area contributed by atoms with Crippen molar-refractivity contribution in [1.29, 1.82) is 0 Å². The van der Waals surface area contributed by atoms with Crippen LogP contribution in [0.1, 0.15) is 17.3 Å². The van der Waals surface area contributed by atoms with E-state index in [-0.39, 0.29) is 11.6 Å². The molecule has 29 heavy (non-hydrogen) atoms. The van der Waals surface area contributed by atoms with Crippen molar-refractivity contribution in [3.63, 3.8) is 0 Å². The topological polar surface area (TPSA) is 61.4 Å². The first-order valence-corrected chi connectivity index (χ1v) is 9.55. The number of benzene rings is 2. The molecule has 1 N–H and O–H groups in total. The molecular formula is C22H22FN5O. The van der Waals surface area contributed by atoms with Crippen molar-refractivity contribution in [2.75, 3.05) is 41.3 Å². The molecule has 148 valence electrons. The summed E-state index contributed by atoms with van der Waals surface area (Å²) in [7, 11) is 0. The van der Waals surface area contributed by atoms with Crippen molar-refractivity contribution in [3.05, 3.63) is 72.2 Å². The Kier molecular flexibility index (Phi) is 5.37. The zero-order chi connectivity index (χ0) is 20.2. The number of nitrogens with zero attached hydrogens (tertiary/aromatic N) is 4. The monoisotopic (exact) mass is 391 g/mol. The number of nitrogens with one attached hydrogen (secondary N) is 1. The molecule has 1 aliphatic rings. The molecule has 0 atom stereocenters. The number of rotatable bonds is 5. The van der Waals surface area contributed by atoms with Crippen molar-refractivity contribution in [2.45, 2.75) is 6.92 Å². The van der Waals surface area contributed by atoms with Crippen molar-refractivity contribution >= 4 is 28.9 Å². The highest BCUT2D eigenvalue weighted by Crippen LogP contribution is 2.22. The molecule has 1 saturated heterocycles. The molecule has 2 aromatic carbocycles. The maximum absolute atomic E-state index is 14.0. The summed E-state index contributed by atoms with van der Waals surface area (Å²) in [6, 6.07) is 16.0. The zero-order valence-corrected chi connectivity index (χ0v) is 16.2. The molecule has 2 heterocycles. The summed E-state index contributed by atoms with van der Waals surface area (Å²) < 4.78 is 14.0. The van der Waals surface area contributed by atoms with Gasteiger partial charge in [0.15, 0.2) is 5.78 Å².